The number of alkyl halides is 3. The van der Waals surface area contributed by atoms with E-state index in [9.17, 15) is 22.4 Å². The topological polar surface area (TPSA) is 55.1 Å². The number of benzene rings is 1. The monoisotopic (exact) mass is 384 g/mol. The fraction of sp³-hybridized carbons (Fsp3) is 0.176. The summed E-state index contributed by atoms with van der Waals surface area (Å²) in [5, 5.41) is 4.24. The average Bonchev–Trinajstić information content (AvgIpc) is 3.24. The lowest BCUT2D eigenvalue weighted by molar-refractivity contribution is -0.138. The molecule has 0 spiro atoms. The SMILES string of the molecule is O=C(Cc1coc(-c2cccs2)n1)NCc1ccc(F)cc1C(F)(F)F. The molecule has 26 heavy (non-hydrogen) atoms. The van der Waals surface area contributed by atoms with E-state index in [2.05, 4.69) is 10.3 Å². The quantitative estimate of drug-likeness (QED) is 0.663. The molecule has 0 aliphatic rings. The Morgan fingerprint density at radius 2 is 2.08 bits per heavy atom. The van der Waals surface area contributed by atoms with Crippen molar-refractivity contribution in [2.75, 3.05) is 0 Å². The molecule has 0 unspecified atom stereocenters. The van der Waals surface area contributed by atoms with E-state index in [4.69, 9.17) is 4.42 Å². The van der Waals surface area contributed by atoms with Gasteiger partial charge < -0.3 is 9.73 Å². The Balaban J connectivity index is 1.63. The van der Waals surface area contributed by atoms with Gasteiger partial charge in [-0.1, -0.05) is 12.1 Å². The molecule has 1 N–H and O–H groups in total. The number of thiophene rings is 1. The Morgan fingerprint density at radius 3 is 2.77 bits per heavy atom. The highest BCUT2D eigenvalue weighted by molar-refractivity contribution is 7.13. The van der Waals surface area contributed by atoms with Crippen LogP contribution in [0.4, 0.5) is 17.6 Å². The number of hydrogen-bond acceptors (Lipinski definition) is 4. The van der Waals surface area contributed by atoms with E-state index >= 15 is 0 Å². The molecule has 1 aromatic carbocycles. The van der Waals surface area contributed by atoms with Gasteiger partial charge in [-0.15, -0.1) is 11.3 Å². The van der Waals surface area contributed by atoms with E-state index in [1.54, 1.807) is 0 Å². The minimum Gasteiger partial charge on any atom is -0.444 e. The van der Waals surface area contributed by atoms with Gasteiger partial charge in [0, 0.05) is 6.54 Å². The van der Waals surface area contributed by atoms with Gasteiger partial charge in [-0.3, -0.25) is 4.79 Å². The molecule has 4 nitrogen and oxygen atoms in total. The number of rotatable bonds is 5. The maximum absolute atomic E-state index is 13.1. The molecule has 0 fully saturated rings. The van der Waals surface area contributed by atoms with Crippen molar-refractivity contribution in [2.45, 2.75) is 19.1 Å². The van der Waals surface area contributed by atoms with Crippen molar-refractivity contribution in [3.05, 3.63) is 64.6 Å². The molecule has 2 heterocycles. The first-order chi connectivity index (χ1) is 12.3. The predicted molar refractivity (Wildman–Crippen MR) is 86.8 cm³/mol. The van der Waals surface area contributed by atoms with Crippen molar-refractivity contribution < 1.29 is 26.8 Å². The van der Waals surface area contributed by atoms with Gasteiger partial charge in [0.2, 0.25) is 11.8 Å². The van der Waals surface area contributed by atoms with Gasteiger partial charge in [-0.05, 0) is 29.1 Å². The predicted octanol–water partition coefficient (Wildman–Crippen LogP) is 4.42. The van der Waals surface area contributed by atoms with Crippen LogP contribution in [0, 0.1) is 5.82 Å². The summed E-state index contributed by atoms with van der Waals surface area (Å²) in [4.78, 5) is 16.9. The highest BCUT2D eigenvalue weighted by atomic mass is 32.1. The summed E-state index contributed by atoms with van der Waals surface area (Å²) < 4.78 is 57.2. The van der Waals surface area contributed by atoms with E-state index in [0.29, 0.717) is 17.7 Å². The van der Waals surface area contributed by atoms with Crippen LogP contribution in [0.25, 0.3) is 10.8 Å². The Labute approximate surface area is 149 Å². The first kappa shape index (κ1) is 18.1. The standard InChI is InChI=1S/C17H12F4N2O2S/c18-11-4-3-10(13(6-11)17(19,20)21)8-22-15(24)7-12-9-25-16(23-12)14-2-1-5-26-14/h1-6,9H,7-8H2,(H,22,24). The molecular weight excluding hydrogens is 372 g/mol. The highest BCUT2D eigenvalue weighted by Gasteiger charge is 2.33. The lowest BCUT2D eigenvalue weighted by Crippen LogP contribution is -2.26. The molecule has 1 amide bonds. The third-order valence-corrected chi connectivity index (χ3v) is 4.34. The lowest BCUT2D eigenvalue weighted by atomic mass is 10.1. The largest absolute Gasteiger partial charge is 0.444 e. The molecule has 0 saturated heterocycles. The van der Waals surface area contributed by atoms with Crippen molar-refractivity contribution >= 4 is 17.2 Å². The molecule has 0 aliphatic heterocycles. The van der Waals surface area contributed by atoms with Gasteiger partial charge in [-0.2, -0.15) is 13.2 Å². The normalized spacial score (nSPS) is 11.5. The van der Waals surface area contributed by atoms with Gasteiger partial charge in [0.15, 0.2) is 0 Å². The molecule has 0 atom stereocenters. The molecule has 3 rings (SSSR count). The molecular formula is C17H12F4N2O2S. The number of aromatic nitrogens is 1. The molecule has 0 aliphatic carbocycles. The molecule has 136 valence electrons. The fourth-order valence-corrected chi connectivity index (χ4v) is 2.94. The van der Waals surface area contributed by atoms with E-state index in [-0.39, 0.29) is 18.5 Å². The average molecular weight is 384 g/mol. The summed E-state index contributed by atoms with van der Waals surface area (Å²) >= 11 is 1.43. The summed E-state index contributed by atoms with van der Waals surface area (Å²) in [6.45, 7) is -0.371. The fourth-order valence-electron chi connectivity index (χ4n) is 2.29. The third-order valence-electron chi connectivity index (χ3n) is 3.48. The lowest BCUT2D eigenvalue weighted by Gasteiger charge is -2.13. The van der Waals surface area contributed by atoms with Gasteiger partial charge in [0.1, 0.15) is 12.1 Å². The number of carbonyl (C=O) groups excluding carboxylic acids is 1. The van der Waals surface area contributed by atoms with Crippen molar-refractivity contribution in [3.8, 4) is 10.8 Å². The minimum atomic E-state index is -4.70. The second-order valence-electron chi connectivity index (χ2n) is 5.37. The van der Waals surface area contributed by atoms with E-state index < -0.39 is 23.5 Å². The van der Waals surface area contributed by atoms with Crippen molar-refractivity contribution in [3.63, 3.8) is 0 Å². The minimum absolute atomic E-state index is 0.141. The molecule has 3 aromatic rings. The first-order valence-electron chi connectivity index (χ1n) is 7.43. The van der Waals surface area contributed by atoms with Crippen LogP contribution in [0.2, 0.25) is 0 Å². The smallest absolute Gasteiger partial charge is 0.416 e. The highest BCUT2D eigenvalue weighted by Crippen LogP contribution is 2.32. The second kappa shape index (κ2) is 7.28. The van der Waals surface area contributed by atoms with Crippen LogP contribution in [-0.2, 0) is 23.9 Å². The first-order valence-corrected chi connectivity index (χ1v) is 8.31. The van der Waals surface area contributed by atoms with Crippen LogP contribution >= 0.6 is 11.3 Å². The number of nitrogens with one attached hydrogen (secondary N) is 1. The summed E-state index contributed by atoms with van der Waals surface area (Å²) in [5.74, 6) is -1.13. The van der Waals surface area contributed by atoms with Crippen LogP contribution in [0.15, 0.2) is 46.4 Å². The molecule has 2 aromatic heterocycles. The maximum atomic E-state index is 13.1. The number of carbonyl (C=O) groups is 1. The molecule has 0 bridgehead atoms. The summed E-state index contributed by atoms with van der Waals surface area (Å²) in [7, 11) is 0. The second-order valence-corrected chi connectivity index (χ2v) is 6.32. The van der Waals surface area contributed by atoms with E-state index in [1.807, 2.05) is 17.5 Å². The van der Waals surface area contributed by atoms with Crippen molar-refractivity contribution in [1.29, 1.82) is 0 Å². The van der Waals surface area contributed by atoms with Crippen LogP contribution in [-0.4, -0.2) is 10.9 Å². The molecule has 0 saturated carbocycles. The van der Waals surface area contributed by atoms with Crippen LogP contribution in [0.1, 0.15) is 16.8 Å². The van der Waals surface area contributed by atoms with Crippen LogP contribution in [0.5, 0.6) is 0 Å². The maximum Gasteiger partial charge on any atom is 0.416 e. The van der Waals surface area contributed by atoms with Gasteiger partial charge >= 0.3 is 6.18 Å². The Kier molecular flexibility index (Phi) is 5.08. The van der Waals surface area contributed by atoms with E-state index in [0.717, 1.165) is 17.0 Å². The summed E-state index contributed by atoms with van der Waals surface area (Å²) in [5.41, 5.74) is -0.966. The zero-order chi connectivity index (χ0) is 18.7. The zero-order valence-corrected chi connectivity index (χ0v) is 14.0. The number of oxazole rings is 1. The number of nitrogens with zero attached hydrogens (tertiary/aromatic N) is 1. The Hall–Kier alpha value is -2.68. The number of halogens is 4. The van der Waals surface area contributed by atoms with Crippen molar-refractivity contribution in [1.82, 2.24) is 10.3 Å². The zero-order valence-electron chi connectivity index (χ0n) is 13.1. The third kappa shape index (κ3) is 4.29. The summed E-state index contributed by atoms with van der Waals surface area (Å²) in [6.07, 6.45) is -3.52. The Bertz CT molecular complexity index is 904. The van der Waals surface area contributed by atoms with Crippen LogP contribution < -0.4 is 5.32 Å². The van der Waals surface area contributed by atoms with Crippen molar-refractivity contribution in [2.24, 2.45) is 0 Å². The van der Waals surface area contributed by atoms with Gasteiger partial charge in [0.25, 0.3) is 0 Å². The van der Waals surface area contributed by atoms with E-state index in [1.165, 1.54) is 17.6 Å². The Morgan fingerprint density at radius 1 is 1.27 bits per heavy atom. The van der Waals surface area contributed by atoms with Crippen LogP contribution in [0.3, 0.4) is 0 Å². The molecule has 0 radical (unpaired) electrons. The number of hydrogen-bond donors (Lipinski definition) is 1. The van der Waals surface area contributed by atoms with Gasteiger partial charge in [0.05, 0.1) is 22.6 Å². The van der Waals surface area contributed by atoms with Gasteiger partial charge in [-0.25, -0.2) is 9.37 Å². The summed E-state index contributed by atoms with van der Waals surface area (Å²) in [6, 6.07) is 5.97. The number of amides is 1. The molecule has 9 heteroatoms.